The Balaban J connectivity index is 1.61. The van der Waals surface area contributed by atoms with Crippen LogP contribution in [0.4, 0.5) is 4.39 Å². The van der Waals surface area contributed by atoms with Gasteiger partial charge in [0, 0.05) is 30.4 Å². The summed E-state index contributed by atoms with van der Waals surface area (Å²) >= 11 is 1.09. The van der Waals surface area contributed by atoms with Crippen LogP contribution in [0.15, 0.2) is 54.2 Å². The number of aromatic nitrogens is 3. The van der Waals surface area contributed by atoms with E-state index >= 15 is 0 Å². The van der Waals surface area contributed by atoms with Crippen molar-refractivity contribution in [1.29, 1.82) is 0 Å². The van der Waals surface area contributed by atoms with Gasteiger partial charge in [-0.15, -0.1) is 5.10 Å². The lowest BCUT2D eigenvalue weighted by molar-refractivity contribution is -0.126. The van der Waals surface area contributed by atoms with Gasteiger partial charge < -0.3 is 10.2 Å². The van der Waals surface area contributed by atoms with E-state index < -0.39 is 6.04 Å². The molecule has 1 aromatic carbocycles. The number of carbonyl (C=O) groups excluding carboxylic acids is 2. The Morgan fingerprint density at radius 1 is 1.17 bits per heavy atom. The molecule has 1 N–H and O–H groups in total. The lowest BCUT2D eigenvalue weighted by Crippen LogP contribution is -2.45. The highest BCUT2D eigenvalue weighted by Gasteiger charge is 2.42. The highest BCUT2D eigenvalue weighted by molar-refractivity contribution is 7.03. The quantitative estimate of drug-likeness (QED) is 0.646. The molecule has 2 heterocycles. The third-order valence-electron chi connectivity index (χ3n) is 4.68. The van der Waals surface area contributed by atoms with Crippen LogP contribution in [0.3, 0.4) is 0 Å². The zero-order valence-electron chi connectivity index (χ0n) is 15.4. The molecule has 1 fully saturated rings. The molecule has 0 radical (unpaired) electrons. The van der Waals surface area contributed by atoms with Gasteiger partial charge in [0.05, 0.1) is 0 Å². The van der Waals surface area contributed by atoms with Crippen molar-refractivity contribution in [2.24, 2.45) is 0 Å². The van der Waals surface area contributed by atoms with Crippen LogP contribution in [-0.2, 0) is 11.3 Å². The second-order valence-corrected chi connectivity index (χ2v) is 7.37. The first kappa shape index (κ1) is 19.1. The van der Waals surface area contributed by atoms with E-state index in [-0.39, 0.29) is 35.9 Å². The summed E-state index contributed by atoms with van der Waals surface area (Å²) in [6, 6.07) is 8.52. The first-order valence-electron chi connectivity index (χ1n) is 9.15. The van der Waals surface area contributed by atoms with E-state index in [4.69, 9.17) is 0 Å². The number of halogens is 1. The summed E-state index contributed by atoms with van der Waals surface area (Å²) in [5, 5.41) is 8.33. The molecule has 0 spiro atoms. The Labute approximate surface area is 170 Å². The Morgan fingerprint density at radius 3 is 2.52 bits per heavy atom. The Kier molecular flexibility index (Phi) is 5.57. The normalized spacial score (nSPS) is 14.2. The maximum atomic E-state index is 13.2. The largest absolute Gasteiger partial charge is 0.350 e. The van der Waals surface area contributed by atoms with E-state index in [9.17, 15) is 14.0 Å². The number of amides is 2. The molecule has 0 unspecified atom stereocenters. The van der Waals surface area contributed by atoms with Gasteiger partial charge in [-0.3, -0.25) is 14.6 Å². The first-order chi connectivity index (χ1) is 14.1. The number of benzene rings is 1. The van der Waals surface area contributed by atoms with Gasteiger partial charge in [-0.25, -0.2) is 4.39 Å². The summed E-state index contributed by atoms with van der Waals surface area (Å²) in [6.07, 6.45) is 4.84. The van der Waals surface area contributed by atoms with Crippen molar-refractivity contribution in [3.05, 3.63) is 76.8 Å². The van der Waals surface area contributed by atoms with Crippen LogP contribution < -0.4 is 5.32 Å². The van der Waals surface area contributed by atoms with Gasteiger partial charge in [-0.1, -0.05) is 16.6 Å². The van der Waals surface area contributed by atoms with Crippen molar-refractivity contribution >= 4 is 23.3 Å². The van der Waals surface area contributed by atoms with Crippen molar-refractivity contribution in [3.8, 4) is 0 Å². The van der Waals surface area contributed by atoms with E-state index in [0.29, 0.717) is 5.56 Å². The van der Waals surface area contributed by atoms with Gasteiger partial charge in [0.25, 0.3) is 5.91 Å². The van der Waals surface area contributed by atoms with Crippen LogP contribution in [0.25, 0.3) is 0 Å². The van der Waals surface area contributed by atoms with Gasteiger partial charge in [0.1, 0.15) is 11.9 Å². The highest BCUT2D eigenvalue weighted by atomic mass is 32.1. The predicted octanol–water partition coefficient (Wildman–Crippen LogP) is 2.73. The zero-order chi connectivity index (χ0) is 20.2. The molecular formula is C20H18FN5O2S. The molecule has 29 heavy (non-hydrogen) atoms. The summed E-state index contributed by atoms with van der Waals surface area (Å²) in [5.74, 6) is -0.971. The fraction of sp³-hybridized carbons (Fsp3) is 0.250. The molecule has 0 aliphatic heterocycles. The summed E-state index contributed by atoms with van der Waals surface area (Å²) in [4.78, 5) is 31.9. The number of rotatable bonds is 7. The van der Waals surface area contributed by atoms with Gasteiger partial charge in [-0.2, -0.15) is 0 Å². The topological polar surface area (TPSA) is 88.1 Å². The molecule has 148 valence electrons. The third kappa shape index (κ3) is 4.45. The minimum atomic E-state index is -0.819. The monoisotopic (exact) mass is 411 g/mol. The summed E-state index contributed by atoms with van der Waals surface area (Å²) in [7, 11) is 0. The number of nitrogens with one attached hydrogen (secondary N) is 1. The van der Waals surface area contributed by atoms with Crippen LogP contribution in [-0.4, -0.2) is 37.3 Å². The van der Waals surface area contributed by atoms with E-state index in [1.807, 2.05) is 0 Å². The fourth-order valence-electron chi connectivity index (χ4n) is 3.11. The van der Waals surface area contributed by atoms with Crippen molar-refractivity contribution in [2.45, 2.75) is 31.5 Å². The van der Waals surface area contributed by atoms with Gasteiger partial charge in [0.2, 0.25) is 5.91 Å². The molecule has 2 aromatic heterocycles. The fourth-order valence-corrected chi connectivity index (χ4v) is 3.54. The maximum Gasteiger partial charge on any atom is 0.276 e. The van der Waals surface area contributed by atoms with Crippen molar-refractivity contribution in [1.82, 2.24) is 24.8 Å². The molecule has 3 aromatic rings. The molecule has 1 saturated carbocycles. The third-order valence-corrected chi connectivity index (χ3v) is 5.19. The van der Waals surface area contributed by atoms with Crippen LogP contribution in [0.5, 0.6) is 0 Å². The van der Waals surface area contributed by atoms with Gasteiger partial charge in [-0.05, 0) is 59.8 Å². The summed E-state index contributed by atoms with van der Waals surface area (Å²) in [5.41, 5.74) is 1.66. The molecule has 9 heteroatoms. The molecule has 1 aliphatic rings. The molecule has 0 bridgehead atoms. The molecule has 0 saturated heterocycles. The van der Waals surface area contributed by atoms with Crippen molar-refractivity contribution in [3.63, 3.8) is 0 Å². The minimum Gasteiger partial charge on any atom is -0.350 e. The zero-order valence-corrected chi connectivity index (χ0v) is 16.2. The summed E-state index contributed by atoms with van der Waals surface area (Å²) < 4.78 is 16.9. The standard InChI is InChI=1S/C20H18FN5O2S/c21-15-3-1-13(2-4-15)11-23-19(27)18(14-7-9-22-10-8-14)26(16-5-6-16)20(28)17-12-29-25-24-17/h1-4,7-10,12,16,18H,5-6,11H2,(H,23,27)/t18-/m0/s1. The smallest absolute Gasteiger partial charge is 0.276 e. The average Bonchev–Trinajstić information content (AvgIpc) is 3.43. The van der Waals surface area contributed by atoms with E-state index in [1.165, 1.54) is 12.1 Å². The Morgan fingerprint density at radius 2 is 1.90 bits per heavy atom. The predicted molar refractivity (Wildman–Crippen MR) is 104 cm³/mol. The highest BCUT2D eigenvalue weighted by Crippen LogP contribution is 2.36. The van der Waals surface area contributed by atoms with Crippen molar-refractivity contribution in [2.75, 3.05) is 0 Å². The number of hydrogen-bond donors (Lipinski definition) is 1. The second kappa shape index (κ2) is 8.44. The molecular weight excluding hydrogens is 393 g/mol. The van der Waals surface area contributed by atoms with Gasteiger partial charge in [0.15, 0.2) is 5.69 Å². The van der Waals surface area contributed by atoms with E-state index in [0.717, 1.165) is 29.9 Å². The molecule has 4 rings (SSSR count). The van der Waals surface area contributed by atoms with Crippen LogP contribution >= 0.6 is 11.5 Å². The van der Waals surface area contributed by atoms with Crippen molar-refractivity contribution < 1.29 is 14.0 Å². The van der Waals surface area contributed by atoms with Crippen LogP contribution in [0, 0.1) is 5.82 Å². The van der Waals surface area contributed by atoms with E-state index in [2.05, 4.69) is 19.9 Å². The lowest BCUT2D eigenvalue weighted by atomic mass is 10.0. The first-order valence-corrected chi connectivity index (χ1v) is 9.99. The molecule has 7 nitrogen and oxygen atoms in total. The van der Waals surface area contributed by atoms with Crippen LogP contribution in [0.2, 0.25) is 0 Å². The van der Waals surface area contributed by atoms with Gasteiger partial charge >= 0.3 is 0 Å². The SMILES string of the molecule is O=C(NCc1ccc(F)cc1)[C@H](c1ccncc1)N(C(=O)c1csnn1)C1CC1. The Bertz CT molecular complexity index is 978. The minimum absolute atomic E-state index is 0.0288. The Hall–Kier alpha value is -3.20. The number of nitrogens with zero attached hydrogens (tertiary/aromatic N) is 4. The van der Waals surface area contributed by atoms with Crippen LogP contribution in [0.1, 0.15) is 40.5 Å². The average molecular weight is 411 g/mol. The number of carbonyl (C=O) groups is 2. The second-order valence-electron chi connectivity index (χ2n) is 6.76. The molecule has 1 aliphatic carbocycles. The number of hydrogen-bond acceptors (Lipinski definition) is 6. The maximum absolute atomic E-state index is 13.2. The molecule has 2 amide bonds. The summed E-state index contributed by atoms with van der Waals surface area (Å²) in [6.45, 7) is 0.228. The lowest BCUT2D eigenvalue weighted by Gasteiger charge is -2.30. The van der Waals surface area contributed by atoms with E-state index in [1.54, 1.807) is 46.9 Å². The number of pyridine rings is 1. The molecule has 1 atom stereocenters.